The van der Waals surface area contributed by atoms with Crippen LogP contribution in [0.5, 0.6) is 0 Å². The Morgan fingerprint density at radius 1 is 1.12 bits per heavy atom. The standard InChI is InChI=1S/C19H24N4O2/c1-13-4-5-16(10-14(13)2)19(24)20-12-17-21-15(3)11-18(22-17)23-6-8-25-9-7-23/h4-5,10-11H,6-9,12H2,1-3H3,(H,20,24). The van der Waals surface area contributed by atoms with E-state index < -0.39 is 0 Å². The van der Waals surface area contributed by atoms with Crippen LogP contribution in [0.4, 0.5) is 5.82 Å². The molecule has 6 nitrogen and oxygen atoms in total. The second-order valence-electron chi connectivity index (χ2n) is 6.36. The number of anilines is 1. The lowest BCUT2D eigenvalue weighted by Crippen LogP contribution is -2.37. The first kappa shape index (κ1) is 17.4. The molecule has 1 amide bonds. The molecule has 1 aromatic heterocycles. The number of carbonyl (C=O) groups excluding carboxylic acids is 1. The Labute approximate surface area is 148 Å². The van der Waals surface area contributed by atoms with Crippen LogP contribution < -0.4 is 10.2 Å². The van der Waals surface area contributed by atoms with E-state index in [0.717, 1.165) is 30.2 Å². The molecule has 6 heteroatoms. The third-order valence-corrected chi connectivity index (χ3v) is 4.40. The molecule has 1 aliphatic rings. The fourth-order valence-electron chi connectivity index (χ4n) is 2.79. The van der Waals surface area contributed by atoms with Crippen molar-refractivity contribution in [1.29, 1.82) is 0 Å². The van der Waals surface area contributed by atoms with Gasteiger partial charge in [-0.2, -0.15) is 0 Å². The molecular formula is C19H24N4O2. The second-order valence-corrected chi connectivity index (χ2v) is 6.36. The average molecular weight is 340 g/mol. The molecule has 0 saturated carbocycles. The minimum atomic E-state index is -0.110. The quantitative estimate of drug-likeness (QED) is 0.924. The summed E-state index contributed by atoms with van der Waals surface area (Å²) in [7, 11) is 0. The number of morpholine rings is 1. The predicted octanol–water partition coefficient (Wildman–Crippen LogP) is 2.17. The summed E-state index contributed by atoms with van der Waals surface area (Å²) >= 11 is 0. The van der Waals surface area contributed by atoms with E-state index in [2.05, 4.69) is 20.2 Å². The summed E-state index contributed by atoms with van der Waals surface area (Å²) in [5, 5.41) is 2.91. The van der Waals surface area contributed by atoms with Gasteiger partial charge < -0.3 is 15.0 Å². The zero-order valence-electron chi connectivity index (χ0n) is 15.0. The highest BCUT2D eigenvalue weighted by molar-refractivity contribution is 5.94. The van der Waals surface area contributed by atoms with Gasteiger partial charge in [-0.1, -0.05) is 6.07 Å². The van der Waals surface area contributed by atoms with E-state index >= 15 is 0 Å². The van der Waals surface area contributed by atoms with Crippen molar-refractivity contribution in [1.82, 2.24) is 15.3 Å². The van der Waals surface area contributed by atoms with Crippen molar-refractivity contribution < 1.29 is 9.53 Å². The normalized spacial score (nSPS) is 14.4. The van der Waals surface area contributed by atoms with Gasteiger partial charge in [-0.05, 0) is 44.0 Å². The maximum atomic E-state index is 12.4. The summed E-state index contributed by atoms with van der Waals surface area (Å²) in [6, 6.07) is 7.68. The van der Waals surface area contributed by atoms with Gasteiger partial charge >= 0.3 is 0 Å². The third-order valence-electron chi connectivity index (χ3n) is 4.40. The fourth-order valence-corrected chi connectivity index (χ4v) is 2.79. The van der Waals surface area contributed by atoms with Crippen molar-refractivity contribution >= 4 is 11.7 Å². The number of nitrogens with zero attached hydrogens (tertiary/aromatic N) is 3. The molecule has 2 aromatic rings. The van der Waals surface area contributed by atoms with Crippen LogP contribution in [0.25, 0.3) is 0 Å². The first-order chi connectivity index (χ1) is 12.0. The lowest BCUT2D eigenvalue weighted by molar-refractivity contribution is 0.0949. The van der Waals surface area contributed by atoms with Gasteiger partial charge in [0.15, 0.2) is 0 Å². The smallest absolute Gasteiger partial charge is 0.251 e. The molecule has 3 rings (SSSR count). The van der Waals surface area contributed by atoms with Crippen molar-refractivity contribution in [3.63, 3.8) is 0 Å². The van der Waals surface area contributed by atoms with E-state index in [9.17, 15) is 4.79 Å². The fraction of sp³-hybridized carbons (Fsp3) is 0.421. The van der Waals surface area contributed by atoms with E-state index in [0.29, 0.717) is 31.1 Å². The van der Waals surface area contributed by atoms with Gasteiger partial charge in [-0.25, -0.2) is 9.97 Å². The number of amides is 1. The highest BCUT2D eigenvalue weighted by atomic mass is 16.5. The van der Waals surface area contributed by atoms with Crippen molar-refractivity contribution in [2.45, 2.75) is 27.3 Å². The van der Waals surface area contributed by atoms with Gasteiger partial charge in [-0.15, -0.1) is 0 Å². The van der Waals surface area contributed by atoms with Gasteiger partial charge in [0, 0.05) is 30.4 Å². The molecule has 0 atom stereocenters. The number of carbonyl (C=O) groups is 1. The van der Waals surface area contributed by atoms with Crippen LogP contribution in [0.2, 0.25) is 0 Å². The van der Waals surface area contributed by atoms with Crippen molar-refractivity contribution in [3.05, 3.63) is 52.5 Å². The molecule has 0 unspecified atom stereocenters. The number of aryl methyl sites for hydroxylation is 3. The number of nitrogens with one attached hydrogen (secondary N) is 1. The molecule has 0 aliphatic carbocycles. The van der Waals surface area contributed by atoms with Crippen LogP contribution in [-0.4, -0.2) is 42.2 Å². The number of rotatable bonds is 4. The molecule has 0 radical (unpaired) electrons. The molecule has 1 fully saturated rings. The monoisotopic (exact) mass is 340 g/mol. The molecule has 25 heavy (non-hydrogen) atoms. The van der Waals surface area contributed by atoms with Crippen molar-refractivity contribution in [3.8, 4) is 0 Å². The molecule has 1 aromatic carbocycles. The van der Waals surface area contributed by atoms with E-state index in [-0.39, 0.29) is 5.91 Å². The summed E-state index contributed by atoms with van der Waals surface area (Å²) in [4.78, 5) is 23.6. The zero-order valence-corrected chi connectivity index (χ0v) is 15.0. The Hall–Kier alpha value is -2.47. The number of ether oxygens (including phenoxy) is 1. The van der Waals surface area contributed by atoms with Gasteiger partial charge in [0.25, 0.3) is 5.91 Å². The third kappa shape index (κ3) is 4.33. The Balaban J connectivity index is 1.68. The van der Waals surface area contributed by atoms with Crippen LogP contribution in [-0.2, 0) is 11.3 Å². The van der Waals surface area contributed by atoms with E-state index in [4.69, 9.17) is 4.74 Å². The Morgan fingerprint density at radius 3 is 2.60 bits per heavy atom. The summed E-state index contributed by atoms with van der Waals surface area (Å²) < 4.78 is 5.39. The first-order valence-corrected chi connectivity index (χ1v) is 8.55. The lowest BCUT2D eigenvalue weighted by atomic mass is 10.1. The summed E-state index contributed by atoms with van der Waals surface area (Å²) in [5.41, 5.74) is 3.83. The summed E-state index contributed by atoms with van der Waals surface area (Å²) in [5.74, 6) is 1.41. The maximum Gasteiger partial charge on any atom is 0.251 e. The van der Waals surface area contributed by atoms with Gasteiger partial charge in [0.05, 0.1) is 19.8 Å². The van der Waals surface area contributed by atoms with Crippen LogP contribution in [0.15, 0.2) is 24.3 Å². The summed E-state index contributed by atoms with van der Waals surface area (Å²) in [6.45, 7) is 9.36. The minimum Gasteiger partial charge on any atom is -0.378 e. The van der Waals surface area contributed by atoms with Crippen LogP contribution in [0.3, 0.4) is 0 Å². The van der Waals surface area contributed by atoms with Crippen LogP contribution >= 0.6 is 0 Å². The SMILES string of the molecule is Cc1cc(N2CCOCC2)nc(CNC(=O)c2ccc(C)c(C)c2)n1. The van der Waals surface area contributed by atoms with Crippen LogP contribution in [0.1, 0.15) is 33.0 Å². The van der Waals surface area contributed by atoms with Crippen molar-refractivity contribution in [2.75, 3.05) is 31.2 Å². The molecule has 2 heterocycles. The lowest BCUT2D eigenvalue weighted by Gasteiger charge is -2.28. The van der Waals surface area contributed by atoms with E-state index in [1.54, 1.807) is 0 Å². The number of benzene rings is 1. The molecule has 1 N–H and O–H groups in total. The average Bonchev–Trinajstić information content (AvgIpc) is 2.62. The Kier molecular flexibility index (Phi) is 5.28. The van der Waals surface area contributed by atoms with Crippen molar-refractivity contribution in [2.24, 2.45) is 0 Å². The Bertz CT molecular complexity index is 770. The number of aromatic nitrogens is 2. The van der Waals surface area contributed by atoms with Gasteiger partial charge in [-0.3, -0.25) is 4.79 Å². The highest BCUT2D eigenvalue weighted by Crippen LogP contribution is 2.14. The zero-order chi connectivity index (χ0) is 17.8. The number of hydrogen-bond donors (Lipinski definition) is 1. The molecule has 1 saturated heterocycles. The Morgan fingerprint density at radius 2 is 1.88 bits per heavy atom. The molecule has 0 spiro atoms. The van der Waals surface area contributed by atoms with Gasteiger partial charge in [0.1, 0.15) is 11.6 Å². The van der Waals surface area contributed by atoms with Crippen LogP contribution in [0, 0.1) is 20.8 Å². The minimum absolute atomic E-state index is 0.110. The largest absolute Gasteiger partial charge is 0.378 e. The molecule has 1 aliphatic heterocycles. The van der Waals surface area contributed by atoms with E-state index in [1.165, 1.54) is 5.56 Å². The number of hydrogen-bond acceptors (Lipinski definition) is 5. The molecule has 0 bridgehead atoms. The predicted molar refractivity (Wildman–Crippen MR) is 96.9 cm³/mol. The molecule has 132 valence electrons. The summed E-state index contributed by atoms with van der Waals surface area (Å²) in [6.07, 6.45) is 0. The maximum absolute atomic E-state index is 12.4. The topological polar surface area (TPSA) is 67.3 Å². The van der Waals surface area contributed by atoms with Gasteiger partial charge in [0.2, 0.25) is 0 Å². The second kappa shape index (κ2) is 7.61. The highest BCUT2D eigenvalue weighted by Gasteiger charge is 2.14. The first-order valence-electron chi connectivity index (χ1n) is 8.55. The van der Waals surface area contributed by atoms with E-state index in [1.807, 2.05) is 45.0 Å². The molecular weight excluding hydrogens is 316 g/mol.